The highest BCUT2D eigenvalue weighted by atomic mass is 16.5. The number of nitrogens with two attached hydrogens (primary N) is 1. The fourth-order valence-corrected chi connectivity index (χ4v) is 2.72. The first-order valence-corrected chi connectivity index (χ1v) is 7.93. The quantitative estimate of drug-likeness (QED) is 0.616. The third kappa shape index (κ3) is 5.65. The lowest BCUT2D eigenvalue weighted by Crippen LogP contribution is -2.34. The van der Waals surface area contributed by atoms with Crippen molar-refractivity contribution in [3.8, 4) is 0 Å². The van der Waals surface area contributed by atoms with Crippen molar-refractivity contribution in [3.05, 3.63) is 12.4 Å². The van der Waals surface area contributed by atoms with Gasteiger partial charge in [-0.25, -0.2) is 0 Å². The van der Waals surface area contributed by atoms with Crippen LogP contribution < -0.4 is 16.4 Å². The molecule has 2 amide bonds. The molecular formula is C15H25N5O3. The zero-order valence-corrected chi connectivity index (χ0v) is 13.5. The van der Waals surface area contributed by atoms with Crippen LogP contribution in [0.15, 0.2) is 12.4 Å². The minimum absolute atomic E-state index is 0.0238. The molecule has 0 radical (unpaired) electrons. The Balaban J connectivity index is 1.79. The van der Waals surface area contributed by atoms with Gasteiger partial charge < -0.3 is 21.1 Å². The normalized spacial score (nSPS) is 21.0. The number of amides is 2. The lowest BCUT2D eigenvalue weighted by Gasteiger charge is -2.25. The molecule has 1 fully saturated rings. The maximum Gasteiger partial charge on any atom is 0.241 e. The topological polar surface area (TPSA) is 111 Å². The van der Waals surface area contributed by atoms with Gasteiger partial charge in [-0.3, -0.25) is 14.3 Å². The summed E-state index contributed by atoms with van der Waals surface area (Å²) in [5.41, 5.74) is 6.51. The monoisotopic (exact) mass is 323 g/mol. The summed E-state index contributed by atoms with van der Waals surface area (Å²) < 4.78 is 6.35. The first-order valence-electron chi connectivity index (χ1n) is 7.93. The van der Waals surface area contributed by atoms with Crippen molar-refractivity contribution >= 4 is 17.5 Å². The molecule has 23 heavy (non-hydrogen) atoms. The van der Waals surface area contributed by atoms with Crippen LogP contribution in [0.4, 0.5) is 5.69 Å². The molecule has 0 spiro atoms. The van der Waals surface area contributed by atoms with E-state index in [1.165, 1.54) is 4.68 Å². The van der Waals surface area contributed by atoms with E-state index in [0.29, 0.717) is 18.8 Å². The summed E-state index contributed by atoms with van der Waals surface area (Å²) in [5.74, 6) is -0.218. The Morgan fingerprint density at radius 2 is 2.30 bits per heavy atom. The molecule has 1 aliphatic carbocycles. The fourth-order valence-electron chi connectivity index (χ4n) is 2.72. The summed E-state index contributed by atoms with van der Waals surface area (Å²) >= 11 is 0. The van der Waals surface area contributed by atoms with Crippen molar-refractivity contribution in [2.24, 2.45) is 11.7 Å². The smallest absolute Gasteiger partial charge is 0.241 e. The van der Waals surface area contributed by atoms with Gasteiger partial charge in [-0.2, -0.15) is 5.10 Å². The van der Waals surface area contributed by atoms with E-state index in [0.717, 1.165) is 25.7 Å². The van der Waals surface area contributed by atoms with E-state index < -0.39 is 0 Å². The second-order valence-electron chi connectivity index (χ2n) is 5.88. The van der Waals surface area contributed by atoms with Crippen molar-refractivity contribution in [2.75, 3.05) is 25.6 Å². The van der Waals surface area contributed by atoms with Crippen LogP contribution in [0.5, 0.6) is 0 Å². The largest absolute Gasteiger partial charge is 0.383 e. The van der Waals surface area contributed by atoms with Crippen molar-refractivity contribution in [3.63, 3.8) is 0 Å². The molecular weight excluding hydrogens is 298 g/mol. The van der Waals surface area contributed by atoms with E-state index in [-0.39, 0.29) is 30.3 Å². The number of carbonyl (C=O) groups excluding carboxylic acids is 2. The summed E-state index contributed by atoms with van der Waals surface area (Å²) in [4.78, 5) is 23.9. The zero-order valence-electron chi connectivity index (χ0n) is 13.5. The van der Waals surface area contributed by atoms with Crippen molar-refractivity contribution in [1.29, 1.82) is 0 Å². The van der Waals surface area contributed by atoms with E-state index in [1.807, 2.05) is 0 Å². The molecule has 1 aromatic rings. The van der Waals surface area contributed by atoms with Gasteiger partial charge in [0.25, 0.3) is 0 Å². The van der Waals surface area contributed by atoms with Crippen molar-refractivity contribution < 1.29 is 14.3 Å². The number of nitrogens with zero attached hydrogens (tertiary/aromatic N) is 2. The maximum atomic E-state index is 12.2. The number of carbonyl (C=O) groups is 2. The number of nitrogens with one attached hydrogen (secondary N) is 2. The average molecular weight is 323 g/mol. The van der Waals surface area contributed by atoms with E-state index in [4.69, 9.17) is 10.5 Å². The number of hydrogen-bond donors (Lipinski definition) is 3. The molecule has 8 heteroatoms. The van der Waals surface area contributed by atoms with E-state index in [1.54, 1.807) is 19.5 Å². The minimum Gasteiger partial charge on any atom is -0.383 e. The maximum absolute atomic E-state index is 12.2. The number of rotatable bonds is 7. The van der Waals surface area contributed by atoms with Crippen LogP contribution in [-0.4, -0.2) is 47.9 Å². The summed E-state index contributed by atoms with van der Waals surface area (Å²) in [5, 5.41) is 9.64. The first-order chi connectivity index (χ1) is 11.1. The molecule has 0 bridgehead atoms. The van der Waals surface area contributed by atoms with Crippen LogP contribution >= 0.6 is 0 Å². The lowest BCUT2D eigenvalue weighted by molar-refractivity contribution is -0.122. The lowest BCUT2D eigenvalue weighted by atomic mass is 9.85. The van der Waals surface area contributed by atoms with E-state index in [2.05, 4.69) is 15.7 Å². The van der Waals surface area contributed by atoms with Gasteiger partial charge in [0.1, 0.15) is 6.54 Å². The Bertz CT molecular complexity index is 531. The molecule has 1 aromatic heterocycles. The van der Waals surface area contributed by atoms with Crippen LogP contribution in [0.25, 0.3) is 0 Å². The molecule has 1 aliphatic rings. The Labute approximate surface area is 135 Å². The second-order valence-corrected chi connectivity index (χ2v) is 5.88. The van der Waals surface area contributed by atoms with Gasteiger partial charge in [-0.15, -0.1) is 0 Å². The van der Waals surface area contributed by atoms with Gasteiger partial charge in [-0.05, 0) is 19.3 Å². The second kappa shape index (κ2) is 8.64. The first kappa shape index (κ1) is 17.4. The number of ether oxygens (including phenoxy) is 1. The number of aromatic nitrogens is 2. The predicted molar refractivity (Wildman–Crippen MR) is 85.7 cm³/mol. The third-order valence-corrected chi connectivity index (χ3v) is 3.92. The summed E-state index contributed by atoms with van der Waals surface area (Å²) in [6.45, 7) is 1.03. The number of hydrogen-bond acceptors (Lipinski definition) is 5. The summed E-state index contributed by atoms with van der Waals surface area (Å²) in [6.07, 6.45) is 6.76. The van der Waals surface area contributed by atoms with E-state index in [9.17, 15) is 9.59 Å². The number of anilines is 1. The third-order valence-electron chi connectivity index (χ3n) is 3.92. The highest BCUT2D eigenvalue weighted by molar-refractivity contribution is 5.92. The highest BCUT2D eigenvalue weighted by Gasteiger charge is 2.25. The van der Waals surface area contributed by atoms with Crippen LogP contribution in [0.3, 0.4) is 0 Å². The number of methoxy groups -OCH3 is 1. The Kier molecular flexibility index (Phi) is 6.54. The molecule has 1 heterocycles. The SMILES string of the molecule is COCCNC(=O)Cn1cc(NC(=O)C2CCCC(N)C2)cn1. The van der Waals surface area contributed by atoms with Crippen LogP contribution in [0.1, 0.15) is 25.7 Å². The Morgan fingerprint density at radius 1 is 1.48 bits per heavy atom. The molecule has 0 aliphatic heterocycles. The Hall–Kier alpha value is -1.93. The molecule has 0 saturated heterocycles. The van der Waals surface area contributed by atoms with Crippen molar-refractivity contribution in [2.45, 2.75) is 38.3 Å². The predicted octanol–water partition coefficient (Wildman–Crippen LogP) is 0.102. The van der Waals surface area contributed by atoms with Gasteiger partial charge in [0.15, 0.2) is 0 Å². The molecule has 128 valence electrons. The summed E-state index contributed by atoms with van der Waals surface area (Å²) in [6, 6.07) is 0.109. The van der Waals surface area contributed by atoms with Crippen LogP contribution in [0.2, 0.25) is 0 Å². The van der Waals surface area contributed by atoms with Gasteiger partial charge in [0, 0.05) is 31.8 Å². The van der Waals surface area contributed by atoms with Crippen LogP contribution in [0, 0.1) is 5.92 Å². The molecule has 1 saturated carbocycles. The zero-order chi connectivity index (χ0) is 16.7. The van der Waals surface area contributed by atoms with Crippen LogP contribution in [-0.2, 0) is 20.9 Å². The molecule has 2 rings (SSSR count). The van der Waals surface area contributed by atoms with Gasteiger partial charge >= 0.3 is 0 Å². The molecule has 4 N–H and O–H groups in total. The van der Waals surface area contributed by atoms with Gasteiger partial charge in [-0.1, -0.05) is 6.42 Å². The Morgan fingerprint density at radius 3 is 3.04 bits per heavy atom. The minimum atomic E-state index is -0.152. The van der Waals surface area contributed by atoms with Gasteiger partial charge in [0.05, 0.1) is 18.5 Å². The average Bonchev–Trinajstić information content (AvgIpc) is 2.94. The van der Waals surface area contributed by atoms with Crippen molar-refractivity contribution in [1.82, 2.24) is 15.1 Å². The highest BCUT2D eigenvalue weighted by Crippen LogP contribution is 2.24. The fraction of sp³-hybridized carbons (Fsp3) is 0.667. The standard InChI is InChI=1S/C15H25N5O3/c1-23-6-5-17-14(21)10-20-9-13(8-18-20)19-15(22)11-3-2-4-12(16)7-11/h8-9,11-12H,2-7,10,16H2,1H3,(H,17,21)(H,19,22). The van der Waals surface area contributed by atoms with Gasteiger partial charge in [0.2, 0.25) is 11.8 Å². The molecule has 2 atom stereocenters. The molecule has 8 nitrogen and oxygen atoms in total. The summed E-state index contributed by atoms with van der Waals surface area (Å²) in [7, 11) is 1.58. The van der Waals surface area contributed by atoms with E-state index >= 15 is 0 Å². The molecule has 0 aromatic carbocycles. The molecule has 2 unspecified atom stereocenters.